The molecular formula is C14H18N2O. The quantitative estimate of drug-likeness (QED) is 0.800. The van der Waals surface area contributed by atoms with Gasteiger partial charge in [0.2, 0.25) is 5.91 Å². The third-order valence-electron chi connectivity index (χ3n) is 3.91. The Morgan fingerprint density at radius 1 is 1.41 bits per heavy atom. The van der Waals surface area contributed by atoms with Crippen LogP contribution in [0.5, 0.6) is 0 Å². The van der Waals surface area contributed by atoms with E-state index in [1.165, 1.54) is 23.2 Å². The van der Waals surface area contributed by atoms with E-state index in [1.807, 2.05) is 11.9 Å². The minimum absolute atomic E-state index is 0.274. The van der Waals surface area contributed by atoms with Crippen LogP contribution in [0.4, 0.5) is 5.69 Å². The molecule has 17 heavy (non-hydrogen) atoms. The van der Waals surface area contributed by atoms with Crippen molar-refractivity contribution in [2.45, 2.75) is 25.2 Å². The van der Waals surface area contributed by atoms with E-state index >= 15 is 0 Å². The summed E-state index contributed by atoms with van der Waals surface area (Å²) < 4.78 is 0. The van der Waals surface area contributed by atoms with Gasteiger partial charge in [-0.2, -0.15) is 0 Å². The number of carbonyl (C=O) groups excluding carboxylic acids is 1. The van der Waals surface area contributed by atoms with E-state index in [-0.39, 0.29) is 5.91 Å². The molecule has 1 fully saturated rings. The average molecular weight is 230 g/mol. The summed E-state index contributed by atoms with van der Waals surface area (Å²) in [6.07, 6.45) is 3.01. The van der Waals surface area contributed by atoms with Crippen molar-refractivity contribution in [3.05, 3.63) is 29.3 Å². The van der Waals surface area contributed by atoms with Crippen LogP contribution in [-0.2, 0) is 11.2 Å². The summed E-state index contributed by atoms with van der Waals surface area (Å²) in [6.45, 7) is 1.94. The zero-order valence-electron chi connectivity index (χ0n) is 10.2. The fourth-order valence-corrected chi connectivity index (χ4v) is 2.99. The van der Waals surface area contributed by atoms with E-state index in [0.717, 1.165) is 19.5 Å². The van der Waals surface area contributed by atoms with E-state index in [4.69, 9.17) is 0 Å². The largest absolute Gasteiger partial charge is 0.385 e. The second kappa shape index (κ2) is 4.06. The van der Waals surface area contributed by atoms with Gasteiger partial charge in [-0.3, -0.25) is 4.79 Å². The van der Waals surface area contributed by atoms with Crippen LogP contribution in [0.1, 0.15) is 29.9 Å². The van der Waals surface area contributed by atoms with Gasteiger partial charge >= 0.3 is 0 Å². The van der Waals surface area contributed by atoms with Gasteiger partial charge in [0.05, 0.1) is 0 Å². The normalized spacial score (nSPS) is 23.5. The maximum Gasteiger partial charge on any atom is 0.223 e. The highest BCUT2D eigenvalue weighted by molar-refractivity contribution is 5.79. The first-order valence-corrected chi connectivity index (χ1v) is 6.35. The predicted molar refractivity (Wildman–Crippen MR) is 68.2 cm³/mol. The highest BCUT2D eigenvalue weighted by Crippen LogP contribution is 2.34. The summed E-state index contributed by atoms with van der Waals surface area (Å²) in [7, 11) is 1.90. The van der Waals surface area contributed by atoms with E-state index < -0.39 is 0 Å². The number of fused-ring (bicyclic) bond motifs is 1. The fourth-order valence-electron chi connectivity index (χ4n) is 2.99. The van der Waals surface area contributed by atoms with Crippen LogP contribution >= 0.6 is 0 Å². The Morgan fingerprint density at radius 3 is 3.06 bits per heavy atom. The average Bonchev–Trinajstić information content (AvgIpc) is 2.69. The summed E-state index contributed by atoms with van der Waals surface area (Å²) in [4.78, 5) is 13.5. The van der Waals surface area contributed by atoms with E-state index in [9.17, 15) is 4.79 Å². The van der Waals surface area contributed by atoms with Gasteiger partial charge < -0.3 is 10.2 Å². The van der Waals surface area contributed by atoms with Crippen LogP contribution in [0.15, 0.2) is 18.2 Å². The highest BCUT2D eigenvalue weighted by Gasteiger charge is 2.30. The number of likely N-dealkylation sites (N-methyl/N-ethyl adjacent to an activating group) is 1. The fraction of sp³-hybridized carbons (Fsp3) is 0.500. The first kappa shape index (κ1) is 10.6. The first-order chi connectivity index (χ1) is 8.25. The third-order valence-corrected chi connectivity index (χ3v) is 3.91. The van der Waals surface area contributed by atoms with Gasteiger partial charge in [0.25, 0.3) is 0 Å². The number of nitrogens with zero attached hydrogens (tertiary/aromatic N) is 1. The zero-order chi connectivity index (χ0) is 11.8. The van der Waals surface area contributed by atoms with Gasteiger partial charge in [-0.1, -0.05) is 12.1 Å². The van der Waals surface area contributed by atoms with E-state index in [0.29, 0.717) is 12.3 Å². The molecule has 1 amide bonds. The Balaban J connectivity index is 1.95. The van der Waals surface area contributed by atoms with Gasteiger partial charge in [0, 0.05) is 38.2 Å². The standard InChI is InChI=1S/C14H18N2O/c1-16-9-10(8-14(16)17)11-4-2-6-13-12(11)5-3-7-15-13/h2,4,6,10,15H,3,5,7-9H2,1H3/t10-/m1/s1. The molecule has 2 aliphatic rings. The second-order valence-corrected chi connectivity index (χ2v) is 5.08. The molecule has 1 N–H and O–H groups in total. The lowest BCUT2D eigenvalue weighted by Crippen LogP contribution is -2.19. The highest BCUT2D eigenvalue weighted by atomic mass is 16.2. The lowest BCUT2D eigenvalue weighted by Gasteiger charge is -2.23. The number of amides is 1. The number of carbonyl (C=O) groups is 1. The van der Waals surface area contributed by atoms with E-state index in [2.05, 4.69) is 23.5 Å². The minimum Gasteiger partial charge on any atom is -0.385 e. The number of nitrogens with one attached hydrogen (secondary N) is 1. The Bertz CT molecular complexity index is 456. The summed E-state index contributed by atoms with van der Waals surface area (Å²) in [5.74, 6) is 0.665. The topological polar surface area (TPSA) is 32.3 Å². The molecule has 1 aromatic rings. The molecular weight excluding hydrogens is 212 g/mol. The first-order valence-electron chi connectivity index (χ1n) is 6.35. The van der Waals surface area contributed by atoms with Gasteiger partial charge in [-0.25, -0.2) is 0 Å². The lowest BCUT2D eigenvalue weighted by molar-refractivity contribution is -0.126. The number of hydrogen-bond donors (Lipinski definition) is 1. The lowest BCUT2D eigenvalue weighted by atomic mass is 9.89. The number of benzene rings is 1. The molecule has 1 aromatic carbocycles. The molecule has 1 atom stereocenters. The molecule has 3 rings (SSSR count). The van der Waals surface area contributed by atoms with Crippen LogP contribution in [0.3, 0.4) is 0 Å². The monoisotopic (exact) mass is 230 g/mol. The Morgan fingerprint density at radius 2 is 2.29 bits per heavy atom. The minimum atomic E-state index is 0.274. The Hall–Kier alpha value is -1.51. The summed E-state index contributed by atoms with van der Waals surface area (Å²) in [6, 6.07) is 6.46. The van der Waals surface area contributed by atoms with Crippen LogP contribution in [0.2, 0.25) is 0 Å². The molecule has 0 saturated carbocycles. The van der Waals surface area contributed by atoms with Crippen molar-refractivity contribution in [2.75, 3.05) is 25.5 Å². The number of anilines is 1. The molecule has 1 saturated heterocycles. The molecule has 0 bridgehead atoms. The molecule has 2 aliphatic heterocycles. The number of likely N-dealkylation sites (tertiary alicyclic amines) is 1. The molecule has 90 valence electrons. The van der Waals surface area contributed by atoms with Crippen LogP contribution in [0.25, 0.3) is 0 Å². The summed E-state index contributed by atoms with van der Waals surface area (Å²) in [5, 5.41) is 3.45. The second-order valence-electron chi connectivity index (χ2n) is 5.08. The summed E-state index contributed by atoms with van der Waals surface area (Å²) >= 11 is 0. The van der Waals surface area contributed by atoms with Crippen molar-refractivity contribution >= 4 is 11.6 Å². The van der Waals surface area contributed by atoms with Crippen molar-refractivity contribution in [3.8, 4) is 0 Å². The third kappa shape index (κ3) is 1.79. The van der Waals surface area contributed by atoms with Gasteiger partial charge in [-0.15, -0.1) is 0 Å². The van der Waals surface area contributed by atoms with Gasteiger partial charge in [0.15, 0.2) is 0 Å². The Kier molecular flexibility index (Phi) is 2.54. The smallest absolute Gasteiger partial charge is 0.223 e. The molecule has 2 heterocycles. The molecule has 3 heteroatoms. The van der Waals surface area contributed by atoms with Crippen LogP contribution in [0, 0.1) is 0 Å². The van der Waals surface area contributed by atoms with Gasteiger partial charge in [0.1, 0.15) is 0 Å². The zero-order valence-corrected chi connectivity index (χ0v) is 10.2. The SMILES string of the molecule is CN1C[C@H](c2cccc3c2CCCN3)CC1=O. The maximum atomic E-state index is 11.6. The maximum absolute atomic E-state index is 11.6. The van der Waals surface area contributed by atoms with Crippen molar-refractivity contribution in [2.24, 2.45) is 0 Å². The molecule has 0 spiro atoms. The van der Waals surface area contributed by atoms with Crippen molar-refractivity contribution in [1.82, 2.24) is 4.90 Å². The Labute approximate surface area is 102 Å². The molecule has 0 aromatic heterocycles. The molecule has 3 nitrogen and oxygen atoms in total. The van der Waals surface area contributed by atoms with Crippen molar-refractivity contribution in [1.29, 1.82) is 0 Å². The number of rotatable bonds is 1. The van der Waals surface area contributed by atoms with Crippen molar-refractivity contribution < 1.29 is 4.79 Å². The molecule has 0 unspecified atom stereocenters. The van der Waals surface area contributed by atoms with Crippen LogP contribution < -0.4 is 5.32 Å². The molecule has 0 aliphatic carbocycles. The van der Waals surface area contributed by atoms with Crippen LogP contribution in [-0.4, -0.2) is 30.9 Å². The van der Waals surface area contributed by atoms with E-state index in [1.54, 1.807) is 0 Å². The number of hydrogen-bond acceptors (Lipinski definition) is 2. The molecule has 0 radical (unpaired) electrons. The predicted octanol–water partition coefficient (Wildman–Crippen LogP) is 1.99. The van der Waals surface area contributed by atoms with Gasteiger partial charge in [-0.05, 0) is 30.0 Å². The summed E-state index contributed by atoms with van der Waals surface area (Å²) in [5.41, 5.74) is 4.09. The van der Waals surface area contributed by atoms with Crippen molar-refractivity contribution in [3.63, 3.8) is 0 Å².